The molecule has 0 radical (unpaired) electrons. The summed E-state index contributed by atoms with van der Waals surface area (Å²) in [6.45, 7) is 1.76. The first-order valence-corrected chi connectivity index (χ1v) is 4.79. The van der Waals surface area contributed by atoms with E-state index in [0.29, 0.717) is 6.42 Å². The molecular weight excluding hydrogens is 166 g/mol. The van der Waals surface area contributed by atoms with Gasteiger partial charge in [0, 0.05) is 33.0 Å². The van der Waals surface area contributed by atoms with E-state index < -0.39 is 0 Å². The molecule has 13 heavy (non-hydrogen) atoms. The fraction of sp³-hybridized carbons (Fsp3) is 0.778. The Morgan fingerprint density at radius 3 is 3.00 bits per heavy atom. The standard InChI is InChI=1S/C9H15N3O/c1-12-6-7(5-9(12)13)11-8-3-2-4-10-8/h7H,2-6H2,1H3,(H,10,11). The second-order valence-electron chi connectivity index (χ2n) is 3.75. The summed E-state index contributed by atoms with van der Waals surface area (Å²) < 4.78 is 0. The summed E-state index contributed by atoms with van der Waals surface area (Å²) in [5.74, 6) is 1.32. The number of hydrogen-bond acceptors (Lipinski definition) is 3. The lowest BCUT2D eigenvalue weighted by Gasteiger charge is -2.12. The van der Waals surface area contributed by atoms with Gasteiger partial charge in [-0.1, -0.05) is 0 Å². The van der Waals surface area contributed by atoms with E-state index in [-0.39, 0.29) is 11.9 Å². The van der Waals surface area contributed by atoms with Crippen LogP contribution in [0.3, 0.4) is 0 Å². The Morgan fingerprint density at radius 2 is 2.46 bits per heavy atom. The smallest absolute Gasteiger partial charge is 0.224 e. The van der Waals surface area contributed by atoms with Crippen LogP contribution in [-0.2, 0) is 4.79 Å². The maximum Gasteiger partial charge on any atom is 0.224 e. The zero-order valence-electron chi connectivity index (χ0n) is 7.92. The lowest BCUT2D eigenvalue weighted by Crippen LogP contribution is -2.35. The third-order valence-corrected chi connectivity index (χ3v) is 2.59. The molecule has 2 aliphatic rings. The Balaban J connectivity index is 1.86. The number of nitrogens with one attached hydrogen (secondary N) is 1. The highest BCUT2D eigenvalue weighted by Gasteiger charge is 2.27. The van der Waals surface area contributed by atoms with E-state index in [9.17, 15) is 4.79 Å². The Bertz CT molecular complexity index is 249. The molecule has 4 nitrogen and oxygen atoms in total. The molecule has 4 heteroatoms. The number of rotatable bonds is 1. The Hall–Kier alpha value is -1.06. The molecule has 0 bridgehead atoms. The van der Waals surface area contributed by atoms with Crippen molar-refractivity contribution in [3.63, 3.8) is 0 Å². The van der Waals surface area contributed by atoms with Crippen molar-refractivity contribution in [2.24, 2.45) is 4.99 Å². The molecule has 72 valence electrons. The summed E-state index contributed by atoms with van der Waals surface area (Å²) in [6, 6.07) is 0.286. The van der Waals surface area contributed by atoms with Gasteiger partial charge < -0.3 is 10.2 Å². The number of likely N-dealkylation sites (N-methyl/N-ethyl adjacent to an activating group) is 1. The second-order valence-corrected chi connectivity index (χ2v) is 3.75. The van der Waals surface area contributed by atoms with Gasteiger partial charge in [-0.2, -0.15) is 0 Å². The predicted octanol–water partition coefficient (Wildman–Crippen LogP) is -0.00100. The van der Waals surface area contributed by atoms with Gasteiger partial charge in [-0.3, -0.25) is 9.79 Å². The fourth-order valence-corrected chi connectivity index (χ4v) is 1.85. The molecule has 0 aromatic heterocycles. The number of amidine groups is 1. The van der Waals surface area contributed by atoms with E-state index in [1.165, 1.54) is 0 Å². The molecule has 1 atom stereocenters. The van der Waals surface area contributed by atoms with Gasteiger partial charge in [0.25, 0.3) is 0 Å². The van der Waals surface area contributed by atoms with E-state index in [1.807, 2.05) is 7.05 Å². The van der Waals surface area contributed by atoms with Crippen LogP contribution in [-0.4, -0.2) is 42.8 Å². The number of nitrogens with zero attached hydrogens (tertiary/aromatic N) is 2. The molecule has 0 aromatic carbocycles. The lowest BCUT2D eigenvalue weighted by molar-refractivity contribution is -0.126. The lowest BCUT2D eigenvalue weighted by atomic mass is 10.2. The third-order valence-electron chi connectivity index (χ3n) is 2.59. The topological polar surface area (TPSA) is 44.7 Å². The molecule has 2 rings (SSSR count). The van der Waals surface area contributed by atoms with Gasteiger partial charge in [0.1, 0.15) is 0 Å². The van der Waals surface area contributed by atoms with Gasteiger partial charge in [0.15, 0.2) is 0 Å². The number of carbonyl (C=O) groups is 1. The van der Waals surface area contributed by atoms with Crippen molar-refractivity contribution < 1.29 is 4.79 Å². The largest absolute Gasteiger partial charge is 0.369 e. The van der Waals surface area contributed by atoms with Gasteiger partial charge in [0.05, 0.1) is 11.9 Å². The summed E-state index contributed by atoms with van der Waals surface area (Å²) in [5.41, 5.74) is 0. The van der Waals surface area contributed by atoms with E-state index >= 15 is 0 Å². The Morgan fingerprint density at radius 1 is 1.62 bits per heavy atom. The minimum atomic E-state index is 0.232. The molecule has 2 aliphatic heterocycles. The van der Waals surface area contributed by atoms with Crippen molar-refractivity contribution in [2.45, 2.75) is 25.3 Å². The van der Waals surface area contributed by atoms with Gasteiger partial charge in [-0.25, -0.2) is 0 Å². The van der Waals surface area contributed by atoms with Crippen molar-refractivity contribution >= 4 is 11.7 Å². The van der Waals surface area contributed by atoms with Crippen molar-refractivity contribution in [3.05, 3.63) is 0 Å². The van der Waals surface area contributed by atoms with Crippen LogP contribution in [0.1, 0.15) is 19.3 Å². The number of likely N-dealkylation sites (tertiary alicyclic amines) is 1. The number of carbonyl (C=O) groups excluding carboxylic acids is 1. The number of hydrogen-bond donors (Lipinski definition) is 1. The summed E-state index contributed by atoms with van der Waals surface area (Å²) in [6.07, 6.45) is 2.82. The van der Waals surface area contributed by atoms with Gasteiger partial charge in [-0.15, -0.1) is 0 Å². The fourth-order valence-electron chi connectivity index (χ4n) is 1.85. The van der Waals surface area contributed by atoms with Crippen LogP contribution in [0.25, 0.3) is 0 Å². The maximum absolute atomic E-state index is 11.2. The molecule has 0 aliphatic carbocycles. The van der Waals surface area contributed by atoms with E-state index in [4.69, 9.17) is 0 Å². The van der Waals surface area contributed by atoms with Crippen molar-refractivity contribution in [1.29, 1.82) is 0 Å². The molecule has 1 fully saturated rings. The second kappa shape index (κ2) is 3.36. The predicted molar refractivity (Wildman–Crippen MR) is 50.7 cm³/mol. The van der Waals surface area contributed by atoms with Crippen LogP contribution in [0.5, 0.6) is 0 Å². The molecule has 0 aromatic rings. The first-order chi connectivity index (χ1) is 6.25. The minimum Gasteiger partial charge on any atom is -0.369 e. The monoisotopic (exact) mass is 181 g/mol. The number of aliphatic imine (C=N–C) groups is 1. The third kappa shape index (κ3) is 1.82. The highest BCUT2D eigenvalue weighted by atomic mass is 16.2. The molecule has 0 spiro atoms. The summed E-state index contributed by atoms with van der Waals surface area (Å²) in [5, 5.41) is 3.33. The van der Waals surface area contributed by atoms with Crippen molar-refractivity contribution in [3.8, 4) is 0 Å². The zero-order valence-corrected chi connectivity index (χ0v) is 7.92. The molecule has 2 heterocycles. The van der Waals surface area contributed by atoms with Gasteiger partial charge in [-0.05, 0) is 6.42 Å². The van der Waals surface area contributed by atoms with E-state index in [2.05, 4.69) is 10.3 Å². The maximum atomic E-state index is 11.2. The molecule has 1 saturated heterocycles. The van der Waals surface area contributed by atoms with E-state index in [1.54, 1.807) is 4.90 Å². The first kappa shape index (κ1) is 8.53. The SMILES string of the molecule is CN1CC(NC2=NCCC2)CC1=O. The Labute approximate surface area is 78.0 Å². The molecule has 0 saturated carbocycles. The first-order valence-electron chi connectivity index (χ1n) is 4.79. The Kier molecular flexibility index (Phi) is 2.20. The van der Waals surface area contributed by atoms with Gasteiger partial charge >= 0.3 is 0 Å². The summed E-state index contributed by atoms with van der Waals surface area (Å²) >= 11 is 0. The average Bonchev–Trinajstić information content (AvgIpc) is 2.64. The quantitative estimate of drug-likeness (QED) is 0.619. The van der Waals surface area contributed by atoms with Crippen LogP contribution in [0.15, 0.2) is 4.99 Å². The zero-order chi connectivity index (χ0) is 9.26. The molecule has 1 N–H and O–H groups in total. The molecular formula is C9H15N3O. The van der Waals surface area contributed by atoms with Crippen molar-refractivity contribution in [2.75, 3.05) is 20.1 Å². The van der Waals surface area contributed by atoms with E-state index in [0.717, 1.165) is 31.8 Å². The van der Waals surface area contributed by atoms with Crippen LogP contribution in [0.2, 0.25) is 0 Å². The highest BCUT2D eigenvalue weighted by molar-refractivity contribution is 5.86. The average molecular weight is 181 g/mol. The van der Waals surface area contributed by atoms with Crippen molar-refractivity contribution in [1.82, 2.24) is 10.2 Å². The van der Waals surface area contributed by atoms with Crippen LogP contribution >= 0.6 is 0 Å². The highest BCUT2D eigenvalue weighted by Crippen LogP contribution is 2.10. The van der Waals surface area contributed by atoms with Crippen LogP contribution in [0.4, 0.5) is 0 Å². The number of amides is 1. The summed E-state index contributed by atoms with van der Waals surface area (Å²) in [7, 11) is 1.85. The van der Waals surface area contributed by atoms with Crippen LogP contribution in [0, 0.1) is 0 Å². The molecule has 1 amide bonds. The minimum absolute atomic E-state index is 0.232. The molecule has 1 unspecified atom stereocenters. The van der Waals surface area contributed by atoms with Gasteiger partial charge in [0.2, 0.25) is 5.91 Å². The normalized spacial score (nSPS) is 28.1. The van der Waals surface area contributed by atoms with Crippen LogP contribution < -0.4 is 5.32 Å². The summed E-state index contributed by atoms with van der Waals surface area (Å²) in [4.78, 5) is 17.3.